The van der Waals surface area contributed by atoms with Crippen LogP contribution in [0.25, 0.3) is 0 Å². The largest absolute Gasteiger partial charge is 0.478 e. The molecule has 0 radical (unpaired) electrons. The lowest BCUT2D eigenvalue weighted by molar-refractivity contribution is -0.123. The van der Waals surface area contributed by atoms with Gasteiger partial charge in [-0.05, 0) is 30.9 Å². The van der Waals surface area contributed by atoms with Gasteiger partial charge in [-0.1, -0.05) is 18.2 Å². The highest BCUT2D eigenvalue weighted by molar-refractivity contribution is 5.90. The van der Waals surface area contributed by atoms with Crippen LogP contribution < -0.4 is 11.1 Å². The summed E-state index contributed by atoms with van der Waals surface area (Å²) in [5.74, 6) is -1.09. The van der Waals surface area contributed by atoms with E-state index in [1.54, 1.807) is 24.3 Å². The third-order valence-corrected chi connectivity index (χ3v) is 3.17. The van der Waals surface area contributed by atoms with E-state index in [9.17, 15) is 9.59 Å². The highest BCUT2D eigenvalue weighted by Gasteiger charge is 2.45. The first-order valence-electron chi connectivity index (χ1n) is 5.91. The van der Waals surface area contributed by atoms with Crippen LogP contribution in [-0.4, -0.2) is 29.1 Å². The summed E-state index contributed by atoms with van der Waals surface area (Å²) in [7, 11) is 0. The molecule has 0 spiro atoms. The molecule has 0 aromatic heterocycles. The Bertz CT molecular complexity index is 481. The fraction of sp³-hybridized carbons (Fsp3) is 0.385. The SMILES string of the molecule is NC1(C(=O)NCCc2ccccc2C(=O)O)CC1. The summed E-state index contributed by atoms with van der Waals surface area (Å²) in [5, 5.41) is 11.7. The first-order chi connectivity index (χ1) is 8.53. The van der Waals surface area contributed by atoms with Gasteiger partial charge < -0.3 is 16.2 Å². The average Bonchev–Trinajstić information content (AvgIpc) is 3.09. The normalized spacial score (nSPS) is 16.1. The van der Waals surface area contributed by atoms with Crippen LogP contribution in [-0.2, 0) is 11.2 Å². The van der Waals surface area contributed by atoms with Gasteiger partial charge in [0.2, 0.25) is 5.91 Å². The number of hydrogen-bond donors (Lipinski definition) is 3. The Hall–Kier alpha value is -1.88. The molecular weight excluding hydrogens is 232 g/mol. The molecule has 5 heteroatoms. The Balaban J connectivity index is 1.90. The van der Waals surface area contributed by atoms with Crippen LogP contribution in [0.3, 0.4) is 0 Å². The van der Waals surface area contributed by atoms with Crippen LogP contribution in [0, 0.1) is 0 Å². The van der Waals surface area contributed by atoms with E-state index in [4.69, 9.17) is 10.8 Å². The Morgan fingerprint density at radius 2 is 2.00 bits per heavy atom. The predicted molar refractivity (Wildman–Crippen MR) is 66.3 cm³/mol. The maximum absolute atomic E-state index is 11.6. The van der Waals surface area contributed by atoms with Crippen LogP contribution in [0.1, 0.15) is 28.8 Å². The van der Waals surface area contributed by atoms with Gasteiger partial charge >= 0.3 is 5.97 Å². The van der Waals surface area contributed by atoms with Gasteiger partial charge in [-0.25, -0.2) is 4.79 Å². The van der Waals surface area contributed by atoms with E-state index in [0.717, 1.165) is 12.8 Å². The number of carboxylic acid groups (broad SMARTS) is 1. The Morgan fingerprint density at radius 3 is 2.61 bits per heavy atom. The van der Waals surface area contributed by atoms with Crippen LogP contribution in [0.4, 0.5) is 0 Å². The fourth-order valence-electron chi connectivity index (χ4n) is 1.80. The summed E-state index contributed by atoms with van der Waals surface area (Å²) in [6, 6.07) is 6.79. The molecule has 1 saturated carbocycles. The lowest BCUT2D eigenvalue weighted by Crippen LogP contribution is -2.43. The molecule has 1 amide bonds. The molecule has 0 aliphatic heterocycles. The van der Waals surface area contributed by atoms with Gasteiger partial charge in [-0.2, -0.15) is 0 Å². The molecule has 0 saturated heterocycles. The van der Waals surface area contributed by atoms with E-state index in [1.807, 2.05) is 0 Å². The number of nitrogens with two attached hydrogens (primary N) is 1. The predicted octanol–water partition coefficient (Wildman–Crippen LogP) is 0.535. The molecule has 0 atom stereocenters. The minimum absolute atomic E-state index is 0.143. The molecule has 1 aliphatic rings. The van der Waals surface area contributed by atoms with Crippen molar-refractivity contribution in [3.05, 3.63) is 35.4 Å². The lowest BCUT2D eigenvalue weighted by Gasteiger charge is -2.10. The Morgan fingerprint density at radius 1 is 1.33 bits per heavy atom. The number of carbonyl (C=O) groups is 2. The highest BCUT2D eigenvalue weighted by Crippen LogP contribution is 2.31. The minimum atomic E-state index is -0.950. The van der Waals surface area contributed by atoms with Gasteiger partial charge in [0.15, 0.2) is 0 Å². The van der Waals surface area contributed by atoms with Crippen LogP contribution in [0.5, 0.6) is 0 Å². The first-order valence-corrected chi connectivity index (χ1v) is 5.91. The van der Waals surface area contributed by atoms with Crippen LogP contribution in [0.15, 0.2) is 24.3 Å². The molecule has 0 heterocycles. The fourth-order valence-corrected chi connectivity index (χ4v) is 1.80. The second-order valence-electron chi connectivity index (χ2n) is 4.62. The standard InChI is InChI=1S/C13H16N2O3/c14-13(6-7-13)12(18)15-8-5-9-3-1-2-4-10(9)11(16)17/h1-4H,5-8,14H2,(H,15,18)(H,16,17). The number of hydrogen-bond acceptors (Lipinski definition) is 3. The number of aromatic carboxylic acids is 1. The van der Waals surface area contributed by atoms with Crippen molar-refractivity contribution in [3.8, 4) is 0 Å². The quantitative estimate of drug-likeness (QED) is 0.709. The molecule has 96 valence electrons. The number of rotatable bonds is 5. The summed E-state index contributed by atoms with van der Waals surface area (Å²) in [5.41, 5.74) is 6.06. The third kappa shape index (κ3) is 2.68. The van der Waals surface area contributed by atoms with E-state index < -0.39 is 11.5 Å². The molecule has 0 unspecified atom stereocenters. The number of amides is 1. The summed E-state index contributed by atoms with van der Waals surface area (Å²) in [6.07, 6.45) is 1.94. The maximum Gasteiger partial charge on any atom is 0.335 e. The van der Waals surface area contributed by atoms with Gasteiger partial charge in [0, 0.05) is 6.54 Å². The summed E-state index contributed by atoms with van der Waals surface area (Å²) < 4.78 is 0. The van der Waals surface area contributed by atoms with E-state index in [0.29, 0.717) is 18.5 Å². The van der Waals surface area contributed by atoms with Gasteiger partial charge in [0.1, 0.15) is 0 Å². The highest BCUT2D eigenvalue weighted by atomic mass is 16.4. The van der Waals surface area contributed by atoms with Crippen LogP contribution >= 0.6 is 0 Å². The molecule has 1 aromatic carbocycles. The summed E-state index contributed by atoms with van der Waals surface area (Å²) >= 11 is 0. The van der Waals surface area contributed by atoms with E-state index in [-0.39, 0.29) is 11.5 Å². The van der Waals surface area contributed by atoms with Crippen molar-refractivity contribution in [2.75, 3.05) is 6.54 Å². The van der Waals surface area contributed by atoms with Crippen molar-refractivity contribution in [1.29, 1.82) is 0 Å². The lowest BCUT2D eigenvalue weighted by atomic mass is 10.0. The van der Waals surface area contributed by atoms with Crippen molar-refractivity contribution in [1.82, 2.24) is 5.32 Å². The molecule has 1 aromatic rings. The molecule has 2 rings (SSSR count). The van der Waals surface area contributed by atoms with Gasteiger partial charge in [0.25, 0.3) is 0 Å². The van der Waals surface area contributed by atoms with Crippen LogP contribution in [0.2, 0.25) is 0 Å². The molecule has 1 fully saturated rings. The van der Waals surface area contributed by atoms with Gasteiger partial charge in [0.05, 0.1) is 11.1 Å². The molecule has 5 nitrogen and oxygen atoms in total. The summed E-state index contributed by atoms with van der Waals surface area (Å²) in [4.78, 5) is 22.6. The van der Waals surface area contributed by atoms with Crippen molar-refractivity contribution in [3.63, 3.8) is 0 Å². The van der Waals surface area contributed by atoms with E-state index in [1.165, 1.54) is 0 Å². The number of carboxylic acids is 1. The zero-order valence-electron chi connectivity index (χ0n) is 9.98. The zero-order valence-corrected chi connectivity index (χ0v) is 9.98. The number of benzene rings is 1. The molecule has 18 heavy (non-hydrogen) atoms. The second kappa shape index (κ2) is 4.78. The zero-order chi connectivity index (χ0) is 13.2. The van der Waals surface area contributed by atoms with Crippen molar-refractivity contribution in [2.45, 2.75) is 24.8 Å². The smallest absolute Gasteiger partial charge is 0.335 e. The van der Waals surface area contributed by atoms with E-state index in [2.05, 4.69) is 5.32 Å². The van der Waals surface area contributed by atoms with Crippen molar-refractivity contribution in [2.24, 2.45) is 5.73 Å². The topological polar surface area (TPSA) is 92.4 Å². The Labute approximate surface area is 105 Å². The molecule has 0 bridgehead atoms. The van der Waals surface area contributed by atoms with E-state index >= 15 is 0 Å². The molecule has 4 N–H and O–H groups in total. The monoisotopic (exact) mass is 248 g/mol. The average molecular weight is 248 g/mol. The van der Waals surface area contributed by atoms with Crippen molar-refractivity contribution >= 4 is 11.9 Å². The van der Waals surface area contributed by atoms with Gasteiger partial charge in [-0.3, -0.25) is 4.79 Å². The number of nitrogens with one attached hydrogen (secondary N) is 1. The molecular formula is C13H16N2O3. The first kappa shape index (κ1) is 12.6. The Kier molecular flexibility index (Phi) is 3.34. The maximum atomic E-state index is 11.6. The number of carbonyl (C=O) groups excluding carboxylic acids is 1. The van der Waals surface area contributed by atoms with Crippen molar-refractivity contribution < 1.29 is 14.7 Å². The second-order valence-corrected chi connectivity index (χ2v) is 4.62. The summed E-state index contributed by atoms with van der Waals surface area (Å²) in [6.45, 7) is 0.405. The molecule has 1 aliphatic carbocycles. The minimum Gasteiger partial charge on any atom is -0.478 e. The van der Waals surface area contributed by atoms with Gasteiger partial charge in [-0.15, -0.1) is 0 Å². The third-order valence-electron chi connectivity index (χ3n) is 3.17.